The molecule has 0 amide bonds. The van der Waals surface area contributed by atoms with Crippen molar-refractivity contribution in [3.8, 4) is 28.6 Å². The van der Waals surface area contributed by atoms with Crippen LogP contribution in [0.4, 0.5) is 0 Å². The third kappa shape index (κ3) is 3.10. The molecule has 2 aliphatic rings. The second kappa shape index (κ2) is 7.32. The van der Waals surface area contributed by atoms with Gasteiger partial charge in [0.25, 0.3) is 0 Å². The summed E-state index contributed by atoms with van der Waals surface area (Å²) in [6.07, 6.45) is 3.50. The lowest BCUT2D eigenvalue weighted by molar-refractivity contribution is 0.311. The molecule has 1 aromatic carbocycles. The van der Waals surface area contributed by atoms with Crippen molar-refractivity contribution in [1.29, 1.82) is 0 Å². The molecule has 7 nitrogen and oxygen atoms in total. The number of aromatic nitrogens is 2. The van der Waals surface area contributed by atoms with E-state index in [0.717, 1.165) is 31.0 Å². The summed E-state index contributed by atoms with van der Waals surface area (Å²) in [5, 5.41) is 7.59. The van der Waals surface area contributed by atoms with E-state index in [1.165, 1.54) is 12.8 Å². The van der Waals surface area contributed by atoms with E-state index in [1.807, 2.05) is 12.1 Å². The highest BCUT2D eigenvalue weighted by atomic mass is 35.5. The number of methoxy groups -OCH3 is 3. The second-order valence-electron chi connectivity index (χ2n) is 6.74. The fourth-order valence-electron chi connectivity index (χ4n) is 3.88. The Bertz CT molecular complexity index is 749. The van der Waals surface area contributed by atoms with Crippen LogP contribution in [-0.4, -0.2) is 44.6 Å². The van der Waals surface area contributed by atoms with Gasteiger partial charge in [0.05, 0.1) is 21.3 Å². The number of hydrogen-bond acceptors (Lipinski definition) is 7. The number of nitrogens with one attached hydrogen (secondary N) is 1. The highest BCUT2D eigenvalue weighted by molar-refractivity contribution is 5.85. The molecule has 1 saturated heterocycles. The Balaban J connectivity index is 0.00000196. The van der Waals surface area contributed by atoms with Crippen LogP contribution in [0.15, 0.2) is 16.7 Å². The van der Waals surface area contributed by atoms with Gasteiger partial charge in [-0.3, -0.25) is 0 Å². The van der Waals surface area contributed by atoms with Gasteiger partial charge in [-0.05, 0) is 49.9 Å². The zero-order valence-corrected chi connectivity index (χ0v) is 16.0. The van der Waals surface area contributed by atoms with E-state index in [1.54, 1.807) is 21.3 Å². The first-order valence-corrected chi connectivity index (χ1v) is 8.55. The van der Waals surface area contributed by atoms with Crippen molar-refractivity contribution in [2.75, 3.05) is 34.4 Å². The first-order valence-electron chi connectivity index (χ1n) is 8.55. The fourth-order valence-corrected chi connectivity index (χ4v) is 3.88. The maximum atomic E-state index is 5.58. The molecule has 142 valence electrons. The average Bonchev–Trinajstić information content (AvgIpc) is 3.12. The standard InChI is InChI=1S/C18H23N3O4.ClH/c1-22-13-8-11(9-14(23-2)15(13)24-3)16-20-17(25-21-16)12-10-18(12)4-6-19-7-5-18;/h8-9,12,19H,4-7,10H2,1-3H3;1H. The highest BCUT2D eigenvalue weighted by Crippen LogP contribution is 2.64. The summed E-state index contributed by atoms with van der Waals surface area (Å²) in [5.74, 6) is 3.37. The van der Waals surface area contributed by atoms with E-state index in [4.69, 9.17) is 18.7 Å². The second-order valence-corrected chi connectivity index (χ2v) is 6.74. The molecule has 1 spiro atoms. The third-order valence-electron chi connectivity index (χ3n) is 5.45. The van der Waals surface area contributed by atoms with E-state index in [2.05, 4.69) is 15.5 Å². The zero-order chi connectivity index (χ0) is 17.4. The van der Waals surface area contributed by atoms with Gasteiger partial charge in [-0.1, -0.05) is 5.16 Å². The number of ether oxygens (including phenoxy) is 3. The molecule has 2 aromatic rings. The van der Waals surface area contributed by atoms with Gasteiger partial charge in [-0.15, -0.1) is 12.4 Å². The molecule has 1 N–H and O–H groups in total. The SMILES string of the molecule is COc1cc(-c2noc(C3CC34CCNCC4)n2)cc(OC)c1OC.Cl. The van der Waals surface area contributed by atoms with Crippen molar-refractivity contribution in [3.63, 3.8) is 0 Å². The number of hydrogen-bond donors (Lipinski definition) is 1. The van der Waals surface area contributed by atoms with Crippen LogP contribution >= 0.6 is 12.4 Å². The highest BCUT2D eigenvalue weighted by Gasteiger charge is 2.57. The maximum Gasteiger partial charge on any atom is 0.230 e. The number of piperidine rings is 1. The van der Waals surface area contributed by atoms with Gasteiger partial charge >= 0.3 is 0 Å². The van der Waals surface area contributed by atoms with Crippen molar-refractivity contribution in [3.05, 3.63) is 18.0 Å². The molecule has 8 heteroatoms. The van der Waals surface area contributed by atoms with Crippen LogP contribution in [0.5, 0.6) is 17.2 Å². The van der Waals surface area contributed by atoms with Crippen molar-refractivity contribution >= 4 is 12.4 Å². The van der Waals surface area contributed by atoms with Crippen LogP contribution in [0.25, 0.3) is 11.4 Å². The lowest BCUT2D eigenvalue weighted by Gasteiger charge is -2.22. The number of halogens is 1. The van der Waals surface area contributed by atoms with Crippen LogP contribution in [0, 0.1) is 5.41 Å². The summed E-state index contributed by atoms with van der Waals surface area (Å²) >= 11 is 0. The van der Waals surface area contributed by atoms with Crippen molar-refractivity contribution in [1.82, 2.24) is 15.5 Å². The summed E-state index contributed by atoms with van der Waals surface area (Å²) in [4.78, 5) is 4.65. The molecule has 26 heavy (non-hydrogen) atoms. The quantitative estimate of drug-likeness (QED) is 0.852. The minimum Gasteiger partial charge on any atom is -0.493 e. The van der Waals surface area contributed by atoms with Gasteiger partial charge in [-0.2, -0.15) is 4.98 Å². The molecule has 0 radical (unpaired) electrons. The zero-order valence-electron chi connectivity index (χ0n) is 15.2. The van der Waals surface area contributed by atoms with Crippen molar-refractivity contribution in [2.24, 2.45) is 5.41 Å². The summed E-state index contributed by atoms with van der Waals surface area (Å²) in [6.45, 7) is 2.15. The Kier molecular flexibility index (Phi) is 5.29. The Labute approximate surface area is 158 Å². The maximum absolute atomic E-state index is 5.58. The molecule has 1 aliphatic heterocycles. The molecule has 1 atom stereocenters. The predicted molar refractivity (Wildman–Crippen MR) is 98.5 cm³/mol. The monoisotopic (exact) mass is 381 g/mol. The van der Waals surface area contributed by atoms with Crippen LogP contribution in [-0.2, 0) is 0 Å². The lowest BCUT2D eigenvalue weighted by Crippen LogP contribution is -2.29. The molecule has 2 fully saturated rings. The molecule has 2 heterocycles. The van der Waals surface area contributed by atoms with Crippen LogP contribution in [0.3, 0.4) is 0 Å². The molecule has 1 aliphatic carbocycles. The molecular weight excluding hydrogens is 358 g/mol. The van der Waals surface area contributed by atoms with E-state index < -0.39 is 0 Å². The molecule has 1 saturated carbocycles. The van der Waals surface area contributed by atoms with E-state index in [0.29, 0.717) is 34.4 Å². The van der Waals surface area contributed by atoms with Gasteiger partial charge in [0.2, 0.25) is 17.5 Å². The van der Waals surface area contributed by atoms with Gasteiger partial charge in [0, 0.05) is 11.5 Å². The molecular formula is C18H24ClN3O4. The third-order valence-corrected chi connectivity index (χ3v) is 5.45. The first-order chi connectivity index (χ1) is 12.2. The Morgan fingerprint density at radius 2 is 1.73 bits per heavy atom. The number of benzene rings is 1. The minimum atomic E-state index is 0. The Hall–Kier alpha value is -1.99. The van der Waals surface area contributed by atoms with E-state index in [9.17, 15) is 0 Å². The summed E-state index contributed by atoms with van der Waals surface area (Å²) in [5.41, 5.74) is 1.15. The summed E-state index contributed by atoms with van der Waals surface area (Å²) in [6, 6.07) is 3.67. The predicted octanol–water partition coefficient (Wildman–Crippen LogP) is 3.04. The topological polar surface area (TPSA) is 78.6 Å². The van der Waals surface area contributed by atoms with Crippen LogP contribution in [0.1, 0.15) is 31.1 Å². The van der Waals surface area contributed by atoms with Crippen molar-refractivity contribution < 1.29 is 18.7 Å². The summed E-state index contributed by atoms with van der Waals surface area (Å²) < 4.78 is 21.7. The van der Waals surface area contributed by atoms with E-state index in [-0.39, 0.29) is 12.4 Å². The summed E-state index contributed by atoms with van der Waals surface area (Å²) in [7, 11) is 4.76. The lowest BCUT2D eigenvalue weighted by atomic mass is 9.92. The largest absolute Gasteiger partial charge is 0.493 e. The van der Waals surface area contributed by atoms with Crippen LogP contribution in [0.2, 0.25) is 0 Å². The molecule has 1 unspecified atom stereocenters. The minimum absolute atomic E-state index is 0. The number of rotatable bonds is 5. The Morgan fingerprint density at radius 1 is 1.08 bits per heavy atom. The number of nitrogens with zero attached hydrogens (tertiary/aromatic N) is 2. The normalized spacial score (nSPS) is 20.3. The van der Waals surface area contributed by atoms with Crippen LogP contribution < -0.4 is 19.5 Å². The fraction of sp³-hybridized carbons (Fsp3) is 0.556. The van der Waals surface area contributed by atoms with Gasteiger partial charge in [-0.25, -0.2) is 0 Å². The van der Waals surface area contributed by atoms with Gasteiger partial charge in [0.1, 0.15) is 0 Å². The Morgan fingerprint density at radius 3 is 2.31 bits per heavy atom. The van der Waals surface area contributed by atoms with Crippen molar-refractivity contribution in [2.45, 2.75) is 25.2 Å². The van der Waals surface area contributed by atoms with Gasteiger partial charge < -0.3 is 24.1 Å². The molecule has 4 rings (SSSR count). The smallest absolute Gasteiger partial charge is 0.230 e. The molecule has 0 bridgehead atoms. The average molecular weight is 382 g/mol. The van der Waals surface area contributed by atoms with Gasteiger partial charge in [0.15, 0.2) is 11.5 Å². The molecule has 1 aromatic heterocycles. The first kappa shape index (κ1) is 18.8. The van der Waals surface area contributed by atoms with E-state index >= 15 is 0 Å².